The molecular weight excluding hydrogens is 395 g/mol. The smallest absolute Gasteiger partial charge is 0.274 e. The van der Waals surface area contributed by atoms with E-state index in [4.69, 9.17) is 0 Å². The van der Waals surface area contributed by atoms with Crippen LogP contribution in [0.1, 0.15) is 30.8 Å². The summed E-state index contributed by atoms with van der Waals surface area (Å²) in [5.74, 6) is -0.0742. The molecule has 1 saturated heterocycles. The van der Waals surface area contributed by atoms with Gasteiger partial charge in [-0.3, -0.25) is 9.59 Å². The van der Waals surface area contributed by atoms with Gasteiger partial charge in [0.15, 0.2) is 5.69 Å². The van der Waals surface area contributed by atoms with Gasteiger partial charge in [-0.15, -0.1) is 0 Å². The van der Waals surface area contributed by atoms with Crippen molar-refractivity contribution in [1.29, 1.82) is 0 Å². The molecule has 7 heteroatoms. The number of halogens is 1. The van der Waals surface area contributed by atoms with Gasteiger partial charge in [-0.1, -0.05) is 44.2 Å². The Morgan fingerprint density at radius 1 is 1.16 bits per heavy atom. The lowest BCUT2D eigenvalue weighted by Crippen LogP contribution is -2.34. The summed E-state index contributed by atoms with van der Waals surface area (Å²) in [6.45, 7) is 6.37. The highest BCUT2D eigenvalue weighted by molar-refractivity contribution is 6.04. The van der Waals surface area contributed by atoms with Crippen molar-refractivity contribution in [3.8, 4) is 0 Å². The first-order chi connectivity index (χ1) is 14.9. The monoisotopic (exact) mass is 422 g/mol. The number of rotatable bonds is 6. The van der Waals surface area contributed by atoms with Crippen LogP contribution in [0.3, 0.4) is 0 Å². The van der Waals surface area contributed by atoms with E-state index in [1.165, 1.54) is 10.7 Å². The van der Waals surface area contributed by atoms with Gasteiger partial charge < -0.3 is 10.2 Å². The maximum atomic E-state index is 14.1. The summed E-state index contributed by atoms with van der Waals surface area (Å²) in [6.07, 6.45) is 0.871. The molecule has 0 aliphatic carbocycles. The molecule has 1 atom stereocenters. The summed E-state index contributed by atoms with van der Waals surface area (Å²) in [4.78, 5) is 27.8. The number of fused-ring (bicyclic) bond motifs is 1. The molecule has 1 N–H and O–H groups in total. The zero-order chi connectivity index (χ0) is 22.0. The number of nitrogens with one attached hydrogen (secondary N) is 1. The predicted octanol–water partition coefficient (Wildman–Crippen LogP) is 3.45. The van der Waals surface area contributed by atoms with Gasteiger partial charge in [-0.25, -0.2) is 9.07 Å². The van der Waals surface area contributed by atoms with Crippen LogP contribution in [0.25, 0.3) is 10.8 Å². The maximum Gasteiger partial charge on any atom is 0.274 e. The number of carbonyl (C=O) groups is 1. The molecule has 1 aliphatic rings. The van der Waals surface area contributed by atoms with Crippen molar-refractivity contribution in [3.05, 3.63) is 70.4 Å². The number of aromatic nitrogens is 2. The lowest BCUT2D eigenvalue weighted by molar-refractivity contribution is 0.0942. The molecule has 31 heavy (non-hydrogen) atoms. The number of nitrogens with zero attached hydrogens (tertiary/aromatic N) is 3. The number of hydrogen-bond donors (Lipinski definition) is 1. The third kappa shape index (κ3) is 4.45. The van der Waals surface area contributed by atoms with Gasteiger partial charge in [0, 0.05) is 31.6 Å². The molecule has 0 bridgehead atoms. The van der Waals surface area contributed by atoms with Gasteiger partial charge in [-0.2, -0.15) is 5.10 Å². The van der Waals surface area contributed by atoms with Gasteiger partial charge in [0.2, 0.25) is 0 Å². The van der Waals surface area contributed by atoms with E-state index in [2.05, 4.69) is 10.4 Å². The Balaban J connectivity index is 1.50. The Morgan fingerprint density at radius 3 is 2.61 bits per heavy atom. The quantitative estimate of drug-likeness (QED) is 0.661. The minimum absolute atomic E-state index is 0.183. The lowest BCUT2D eigenvalue weighted by Gasteiger charge is -2.19. The number of anilines is 1. The second kappa shape index (κ2) is 8.88. The van der Waals surface area contributed by atoms with Crippen molar-refractivity contribution >= 4 is 22.4 Å². The highest BCUT2D eigenvalue weighted by atomic mass is 19.1. The molecular formula is C24H27FN4O2. The van der Waals surface area contributed by atoms with Crippen molar-refractivity contribution in [2.75, 3.05) is 24.5 Å². The minimum atomic E-state index is -0.293. The molecule has 3 aromatic rings. The molecule has 0 radical (unpaired) electrons. The number of amides is 1. The molecule has 1 fully saturated rings. The van der Waals surface area contributed by atoms with Crippen LogP contribution in [0, 0.1) is 17.7 Å². The summed E-state index contributed by atoms with van der Waals surface area (Å²) in [5, 5.41) is 8.43. The summed E-state index contributed by atoms with van der Waals surface area (Å²) in [5.41, 5.74) is 0.682. The molecule has 1 amide bonds. The van der Waals surface area contributed by atoms with E-state index in [0.717, 1.165) is 13.0 Å². The number of carbonyl (C=O) groups excluding carboxylic acids is 1. The fourth-order valence-corrected chi connectivity index (χ4v) is 4.12. The summed E-state index contributed by atoms with van der Waals surface area (Å²) < 4.78 is 15.5. The van der Waals surface area contributed by atoms with Crippen LogP contribution in [0.4, 0.5) is 10.1 Å². The van der Waals surface area contributed by atoms with Gasteiger partial charge in [0.05, 0.1) is 11.1 Å². The van der Waals surface area contributed by atoms with Crippen molar-refractivity contribution in [2.45, 2.75) is 26.8 Å². The molecule has 162 valence electrons. The third-order valence-electron chi connectivity index (χ3n) is 5.65. The highest BCUT2D eigenvalue weighted by Crippen LogP contribution is 2.26. The fraction of sp³-hybridized carbons (Fsp3) is 0.375. The van der Waals surface area contributed by atoms with Crippen LogP contribution in [-0.4, -0.2) is 35.3 Å². The van der Waals surface area contributed by atoms with Crippen molar-refractivity contribution in [3.63, 3.8) is 0 Å². The SMILES string of the molecule is CC(C)Cn1nc(C(=O)NCC2CCN(c3ccccc3F)C2)c2ccccc2c1=O. The van der Waals surface area contributed by atoms with E-state index in [1.807, 2.05) is 24.8 Å². The first-order valence-corrected chi connectivity index (χ1v) is 10.7. The van der Waals surface area contributed by atoms with E-state index in [9.17, 15) is 14.0 Å². The summed E-state index contributed by atoms with van der Waals surface area (Å²) in [6, 6.07) is 13.8. The van der Waals surface area contributed by atoms with Crippen molar-refractivity contribution < 1.29 is 9.18 Å². The summed E-state index contributed by atoms with van der Waals surface area (Å²) >= 11 is 0. The largest absolute Gasteiger partial charge is 0.369 e. The van der Waals surface area contributed by atoms with Gasteiger partial charge in [-0.05, 0) is 36.5 Å². The van der Waals surface area contributed by atoms with Crippen LogP contribution >= 0.6 is 0 Å². The molecule has 2 aromatic carbocycles. The van der Waals surface area contributed by atoms with Crippen LogP contribution in [0.15, 0.2) is 53.3 Å². The molecule has 0 spiro atoms. The first kappa shape index (κ1) is 21.0. The standard InChI is InChI=1S/C24H27FN4O2/c1-16(2)14-29-24(31)19-8-4-3-7-18(19)22(27-29)23(30)26-13-17-11-12-28(15-17)21-10-6-5-9-20(21)25/h3-10,16-17H,11-15H2,1-2H3,(H,26,30). The highest BCUT2D eigenvalue weighted by Gasteiger charge is 2.25. The van der Waals surface area contributed by atoms with Crippen LogP contribution < -0.4 is 15.8 Å². The maximum absolute atomic E-state index is 14.1. The van der Waals surface area contributed by atoms with E-state index < -0.39 is 0 Å². The second-order valence-corrected chi connectivity index (χ2v) is 8.54. The van der Waals surface area contributed by atoms with E-state index in [1.54, 1.807) is 36.4 Å². The molecule has 4 rings (SSSR count). The molecule has 1 unspecified atom stereocenters. The third-order valence-corrected chi connectivity index (χ3v) is 5.65. The van der Waals surface area contributed by atoms with E-state index in [0.29, 0.717) is 36.1 Å². The zero-order valence-electron chi connectivity index (χ0n) is 17.8. The van der Waals surface area contributed by atoms with E-state index in [-0.39, 0.29) is 34.8 Å². The molecule has 1 aliphatic heterocycles. The molecule has 0 saturated carbocycles. The Kier molecular flexibility index (Phi) is 6.02. The number of para-hydroxylation sites is 1. The van der Waals surface area contributed by atoms with Crippen molar-refractivity contribution in [2.24, 2.45) is 11.8 Å². The lowest BCUT2D eigenvalue weighted by atomic mass is 10.1. The Labute approximate surface area is 180 Å². The van der Waals surface area contributed by atoms with Gasteiger partial charge in [0.1, 0.15) is 5.82 Å². The van der Waals surface area contributed by atoms with Gasteiger partial charge >= 0.3 is 0 Å². The number of benzene rings is 2. The average Bonchev–Trinajstić information content (AvgIpc) is 3.23. The topological polar surface area (TPSA) is 67.2 Å². The predicted molar refractivity (Wildman–Crippen MR) is 120 cm³/mol. The second-order valence-electron chi connectivity index (χ2n) is 8.54. The Hall–Kier alpha value is -3.22. The molecule has 2 heterocycles. The minimum Gasteiger partial charge on any atom is -0.369 e. The molecule has 1 aromatic heterocycles. The van der Waals surface area contributed by atoms with Crippen LogP contribution in [0.2, 0.25) is 0 Å². The Morgan fingerprint density at radius 2 is 1.87 bits per heavy atom. The first-order valence-electron chi connectivity index (χ1n) is 10.7. The normalized spacial score (nSPS) is 16.3. The number of hydrogen-bond acceptors (Lipinski definition) is 4. The zero-order valence-corrected chi connectivity index (χ0v) is 17.8. The van der Waals surface area contributed by atoms with Crippen LogP contribution in [-0.2, 0) is 6.54 Å². The fourth-order valence-electron chi connectivity index (χ4n) is 4.12. The van der Waals surface area contributed by atoms with Crippen LogP contribution in [0.5, 0.6) is 0 Å². The van der Waals surface area contributed by atoms with Gasteiger partial charge in [0.25, 0.3) is 11.5 Å². The van der Waals surface area contributed by atoms with Crippen molar-refractivity contribution in [1.82, 2.24) is 15.1 Å². The Bertz CT molecular complexity index is 1160. The average molecular weight is 423 g/mol. The van der Waals surface area contributed by atoms with E-state index >= 15 is 0 Å². The summed E-state index contributed by atoms with van der Waals surface area (Å²) in [7, 11) is 0. The molecule has 6 nitrogen and oxygen atoms in total.